The minimum atomic E-state index is -0.392. The topological polar surface area (TPSA) is 184 Å². The number of carbonyl (C=O) groups is 1. The molecule has 1 aromatic carbocycles. The largest absolute Gasteiger partial charge is 0.385 e. The maximum atomic E-state index is 12.9. The van der Waals surface area contributed by atoms with E-state index in [1.807, 2.05) is 33.8 Å². The van der Waals surface area contributed by atoms with Crippen molar-refractivity contribution in [1.29, 1.82) is 5.41 Å². The summed E-state index contributed by atoms with van der Waals surface area (Å²) in [5, 5.41) is 17.6. The lowest BCUT2D eigenvalue weighted by Crippen LogP contribution is -2.54. The fourth-order valence-corrected chi connectivity index (χ4v) is 4.32. The molecule has 8 N–H and O–H groups in total. The van der Waals surface area contributed by atoms with Crippen molar-refractivity contribution in [1.82, 2.24) is 30.6 Å². The molecular weight excluding hydrogens is 494 g/mol. The van der Waals surface area contributed by atoms with Gasteiger partial charge >= 0.3 is 0 Å². The van der Waals surface area contributed by atoms with E-state index < -0.39 is 5.91 Å². The summed E-state index contributed by atoms with van der Waals surface area (Å²) >= 11 is 0. The molecule has 0 radical (unpaired) electrons. The summed E-state index contributed by atoms with van der Waals surface area (Å²) in [5.41, 5.74) is 15.1. The summed E-state index contributed by atoms with van der Waals surface area (Å²) < 4.78 is 0. The Morgan fingerprint density at radius 2 is 1.85 bits per heavy atom. The summed E-state index contributed by atoms with van der Waals surface area (Å²) in [6.07, 6.45) is 2.86. The third-order valence-electron chi connectivity index (χ3n) is 6.46. The van der Waals surface area contributed by atoms with Gasteiger partial charge in [-0.05, 0) is 44.5 Å². The highest BCUT2D eigenvalue weighted by atomic mass is 16.1. The van der Waals surface area contributed by atoms with Crippen molar-refractivity contribution in [2.45, 2.75) is 53.6 Å². The van der Waals surface area contributed by atoms with Crippen molar-refractivity contribution < 1.29 is 4.79 Å². The third-order valence-corrected chi connectivity index (χ3v) is 6.46. The van der Waals surface area contributed by atoms with Crippen molar-refractivity contribution in [2.75, 3.05) is 29.0 Å². The van der Waals surface area contributed by atoms with E-state index in [-0.39, 0.29) is 29.1 Å². The molecule has 1 saturated heterocycles. The Bertz CT molecular complexity index is 1430. The van der Waals surface area contributed by atoms with Crippen LogP contribution in [0.1, 0.15) is 50.5 Å². The number of nitrogens with two attached hydrogens (primary N) is 2. The van der Waals surface area contributed by atoms with E-state index in [1.165, 1.54) is 12.4 Å². The second kappa shape index (κ2) is 10.8. The van der Waals surface area contributed by atoms with Gasteiger partial charge in [0.25, 0.3) is 5.91 Å². The first-order valence-corrected chi connectivity index (χ1v) is 12.9. The van der Waals surface area contributed by atoms with Gasteiger partial charge in [-0.2, -0.15) is 4.98 Å². The van der Waals surface area contributed by atoms with Crippen molar-refractivity contribution in [3.8, 4) is 0 Å². The normalized spacial score (nSPS) is 18.2. The summed E-state index contributed by atoms with van der Waals surface area (Å²) in [6.45, 7) is 13.4. The highest BCUT2D eigenvalue weighted by Crippen LogP contribution is 2.28. The fourth-order valence-electron chi connectivity index (χ4n) is 4.32. The predicted octanol–water partition coefficient (Wildman–Crippen LogP) is 2.84. The van der Waals surface area contributed by atoms with Crippen LogP contribution < -0.4 is 32.3 Å². The van der Waals surface area contributed by atoms with E-state index >= 15 is 0 Å². The Balaban J connectivity index is 1.63. The summed E-state index contributed by atoms with van der Waals surface area (Å²) in [4.78, 5) is 33.1. The zero-order valence-corrected chi connectivity index (χ0v) is 23.3. The molecule has 2 aromatic heterocycles. The quantitative estimate of drug-likeness (QED) is 0.258. The van der Waals surface area contributed by atoms with E-state index in [9.17, 15) is 4.79 Å². The molecule has 39 heavy (non-hydrogen) atoms. The Morgan fingerprint density at radius 3 is 2.51 bits per heavy atom. The average Bonchev–Trinajstić information content (AvgIpc) is 2.84. The van der Waals surface area contributed by atoms with Crippen molar-refractivity contribution in [2.24, 2.45) is 11.1 Å². The molecule has 0 spiro atoms. The Kier molecular flexibility index (Phi) is 7.68. The van der Waals surface area contributed by atoms with E-state index in [0.717, 1.165) is 18.7 Å². The van der Waals surface area contributed by atoms with E-state index in [2.05, 4.69) is 49.6 Å². The molecule has 1 fully saturated rings. The van der Waals surface area contributed by atoms with Crippen molar-refractivity contribution in [3.63, 3.8) is 0 Å². The monoisotopic (exact) mass is 531 g/mol. The lowest BCUT2D eigenvalue weighted by molar-refractivity contribution is 0.0965. The van der Waals surface area contributed by atoms with Crippen LogP contribution in [0.5, 0.6) is 0 Å². The molecule has 0 aliphatic carbocycles. The molecule has 206 valence electrons. The number of allylic oxidation sites excluding steroid dienone is 1. The van der Waals surface area contributed by atoms with Gasteiger partial charge in [0.2, 0.25) is 5.95 Å². The average molecular weight is 532 g/mol. The Labute approximate surface area is 228 Å². The highest BCUT2D eigenvalue weighted by molar-refractivity contribution is 6.00. The number of nitrogens with zero attached hydrogens (tertiary/aromatic N) is 5. The van der Waals surface area contributed by atoms with Gasteiger partial charge in [0.15, 0.2) is 11.6 Å². The Hall–Kier alpha value is -4.32. The van der Waals surface area contributed by atoms with Gasteiger partial charge in [0.1, 0.15) is 23.2 Å². The molecule has 0 bridgehead atoms. The van der Waals surface area contributed by atoms with Gasteiger partial charge in [0, 0.05) is 47.6 Å². The van der Waals surface area contributed by atoms with Crippen molar-refractivity contribution in [3.05, 3.63) is 47.6 Å². The van der Waals surface area contributed by atoms with Gasteiger partial charge in [-0.3, -0.25) is 4.79 Å². The number of piperazine rings is 1. The van der Waals surface area contributed by atoms with Crippen LogP contribution in [0.2, 0.25) is 0 Å². The van der Waals surface area contributed by atoms with Crippen LogP contribution >= 0.6 is 0 Å². The molecule has 0 saturated carbocycles. The first-order valence-electron chi connectivity index (χ1n) is 12.9. The molecule has 12 heteroatoms. The number of anilines is 4. The van der Waals surface area contributed by atoms with Crippen LogP contribution in [0.25, 0.3) is 11.0 Å². The SMILES string of the molecule is Cc1ccc(C(=O)N/C(N)=C/C(=N)C(C)(C)C)cc1Nc1ncnc2c(N)nc(N3C[C@@H](C)N[C@@H](C)C3)nc12. The van der Waals surface area contributed by atoms with Crippen LogP contribution in [-0.4, -0.2) is 56.7 Å². The first kappa shape index (κ1) is 27.7. The number of hydrogen-bond acceptors (Lipinski definition) is 11. The van der Waals surface area contributed by atoms with Crippen LogP contribution in [-0.2, 0) is 0 Å². The summed E-state index contributed by atoms with van der Waals surface area (Å²) in [7, 11) is 0. The number of benzene rings is 1. The van der Waals surface area contributed by atoms with E-state index in [1.54, 1.807) is 12.1 Å². The standard InChI is InChI=1S/C27H37N11O/c1-14-7-8-17(25(39)35-20(29)10-19(28)27(4,5)6)9-18(14)34-24-22-21(31-13-32-24)23(30)37-26(36-22)38-11-15(2)33-16(3)12-38/h7-10,13,15-16,28,33H,11-12,29H2,1-6H3,(H,35,39)(H2,30,36,37)(H,31,32,34)/b20-10+,28-19?/t15-,16+. The maximum absolute atomic E-state index is 12.9. The number of aromatic nitrogens is 4. The maximum Gasteiger partial charge on any atom is 0.256 e. The number of aryl methyl sites for hydroxylation is 1. The van der Waals surface area contributed by atoms with Gasteiger partial charge in [-0.15, -0.1) is 0 Å². The predicted molar refractivity (Wildman–Crippen MR) is 155 cm³/mol. The molecule has 1 amide bonds. The number of rotatable bonds is 6. The second-order valence-electron chi connectivity index (χ2n) is 11.1. The molecule has 12 nitrogen and oxygen atoms in total. The lowest BCUT2D eigenvalue weighted by atomic mass is 9.90. The molecule has 3 aromatic rings. The molecule has 0 unspecified atom stereocenters. The first-order chi connectivity index (χ1) is 18.3. The van der Waals surface area contributed by atoms with E-state index in [4.69, 9.17) is 21.9 Å². The zero-order chi connectivity index (χ0) is 28.5. The Morgan fingerprint density at radius 1 is 1.15 bits per heavy atom. The van der Waals surface area contributed by atoms with Gasteiger partial charge in [0.05, 0.1) is 0 Å². The molecule has 3 heterocycles. The molecule has 1 aliphatic heterocycles. The summed E-state index contributed by atoms with van der Waals surface area (Å²) in [5.74, 6) is 0.952. The van der Waals surface area contributed by atoms with Gasteiger partial charge in [-0.1, -0.05) is 26.8 Å². The van der Waals surface area contributed by atoms with Crippen molar-refractivity contribution >= 4 is 45.9 Å². The molecule has 2 atom stereocenters. The molecular formula is C27H37N11O. The molecule has 4 rings (SSSR count). The van der Waals surface area contributed by atoms with Gasteiger partial charge < -0.3 is 37.7 Å². The number of nitrogen functional groups attached to an aromatic ring is 1. The fraction of sp³-hybridized carbons (Fsp3) is 0.407. The number of nitrogens with one attached hydrogen (secondary N) is 4. The second-order valence-corrected chi connectivity index (χ2v) is 11.1. The minimum absolute atomic E-state index is 0.105. The highest BCUT2D eigenvalue weighted by Gasteiger charge is 2.24. The number of amides is 1. The number of fused-ring (bicyclic) bond motifs is 1. The van der Waals surface area contributed by atoms with Gasteiger partial charge in [-0.25, -0.2) is 15.0 Å². The van der Waals surface area contributed by atoms with Crippen LogP contribution in [0.3, 0.4) is 0 Å². The number of carbonyl (C=O) groups excluding carboxylic acids is 1. The summed E-state index contributed by atoms with van der Waals surface area (Å²) in [6, 6.07) is 5.81. The zero-order valence-electron chi connectivity index (χ0n) is 23.3. The third kappa shape index (κ3) is 6.40. The van der Waals surface area contributed by atoms with Crippen LogP contribution in [0.15, 0.2) is 36.4 Å². The smallest absolute Gasteiger partial charge is 0.256 e. The van der Waals surface area contributed by atoms with Crippen LogP contribution in [0.4, 0.5) is 23.3 Å². The molecule has 1 aliphatic rings. The lowest BCUT2D eigenvalue weighted by Gasteiger charge is -2.36. The van der Waals surface area contributed by atoms with Crippen LogP contribution in [0, 0.1) is 17.7 Å². The minimum Gasteiger partial charge on any atom is -0.385 e. The number of hydrogen-bond donors (Lipinski definition) is 6. The van der Waals surface area contributed by atoms with E-state index in [0.29, 0.717) is 39.8 Å².